The van der Waals surface area contributed by atoms with Crippen LogP contribution in [-0.2, 0) is 4.74 Å². The van der Waals surface area contributed by atoms with Gasteiger partial charge in [0.25, 0.3) is 0 Å². The summed E-state index contributed by atoms with van der Waals surface area (Å²) in [6.45, 7) is 7.90. The average molecular weight is 288 g/mol. The molecule has 0 aliphatic carbocycles. The van der Waals surface area contributed by atoms with Crippen LogP contribution in [0.1, 0.15) is 23.1 Å². The maximum absolute atomic E-state index is 12.1. The van der Waals surface area contributed by atoms with Crippen molar-refractivity contribution in [3.05, 3.63) is 29.7 Å². The van der Waals surface area contributed by atoms with E-state index in [0.717, 1.165) is 37.5 Å². The Hall–Kier alpha value is -2.08. The van der Waals surface area contributed by atoms with Gasteiger partial charge in [0.15, 0.2) is 5.69 Å². The summed E-state index contributed by atoms with van der Waals surface area (Å²) < 4.78 is 6.98. The summed E-state index contributed by atoms with van der Waals surface area (Å²) in [5.41, 5.74) is 3.09. The number of esters is 1. The first-order chi connectivity index (χ1) is 10.2. The van der Waals surface area contributed by atoms with Gasteiger partial charge in [-0.15, -0.1) is 0 Å². The zero-order valence-corrected chi connectivity index (χ0v) is 12.4. The van der Waals surface area contributed by atoms with Gasteiger partial charge in [-0.05, 0) is 26.0 Å². The molecule has 2 aromatic rings. The minimum Gasteiger partial charge on any atom is -0.461 e. The second-order valence-electron chi connectivity index (χ2n) is 5.12. The summed E-state index contributed by atoms with van der Waals surface area (Å²) in [7, 11) is 0. The third-order valence-electron chi connectivity index (χ3n) is 3.73. The summed E-state index contributed by atoms with van der Waals surface area (Å²) in [6, 6.07) is 4.01. The number of hydrogen-bond donors (Lipinski definition) is 1. The molecule has 2 aromatic heterocycles. The predicted octanol–water partition coefficient (Wildman–Crippen LogP) is 1.23. The van der Waals surface area contributed by atoms with Gasteiger partial charge in [-0.3, -0.25) is 4.40 Å². The molecule has 0 saturated carbocycles. The van der Waals surface area contributed by atoms with Gasteiger partial charge in [0, 0.05) is 32.4 Å². The van der Waals surface area contributed by atoms with E-state index in [1.807, 2.05) is 30.5 Å². The van der Waals surface area contributed by atoms with E-state index in [2.05, 4.69) is 21.3 Å². The SMILES string of the molecule is CCOC(=O)c1c(C)nc2ccc(N3CCNCC3)cn12. The van der Waals surface area contributed by atoms with Gasteiger partial charge in [-0.25, -0.2) is 9.78 Å². The van der Waals surface area contributed by atoms with Gasteiger partial charge in [-0.1, -0.05) is 0 Å². The first kappa shape index (κ1) is 13.9. The minimum absolute atomic E-state index is 0.319. The van der Waals surface area contributed by atoms with Crippen molar-refractivity contribution in [2.24, 2.45) is 0 Å². The number of anilines is 1. The standard InChI is InChI=1S/C15H20N4O2/c1-3-21-15(20)14-11(2)17-13-5-4-12(10-19(13)14)18-8-6-16-7-9-18/h4-5,10,16H,3,6-9H2,1-2H3. The van der Waals surface area contributed by atoms with Crippen molar-refractivity contribution in [1.82, 2.24) is 14.7 Å². The van der Waals surface area contributed by atoms with Gasteiger partial charge in [0.1, 0.15) is 5.65 Å². The normalized spacial score (nSPS) is 15.4. The van der Waals surface area contributed by atoms with Crippen molar-refractivity contribution in [3.63, 3.8) is 0 Å². The molecular formula is C15H20N4O2. The molecule has 0 bridgehead atoms. The smallest absolute Gasteiger partial charge is 0.357 e. The summed E-state index contributed by atoms with van der Waals surface area (Å²) in [6.07, 6.45) is 1.98. The predicted molar refractivity (Wildman–Crippen MR) is 81.0 cm³/mol. The molecule has 6 nitrogen and oxygen atoms in total. The number of hydrogen-bond acceptors (Lipinski definition) is 5. The molecule has 1 aliphatic rings. The second kappa shape index (κ2) is 5.73. The van der Waals surface area contributed by atoms with Gasteiger partial charge in [0.05, 0.1) is 18.0 Å². The lowest BCUT2D eigenvalue weighted by Crippen LogP contribution is -2.43. The maximum atomic E-state index is 12.1. The molecule has 3 heterocycles. The fraction of sp³-hybridized carbons (Fsp3) is 0.467. The number of piperazine rings is 1. The molecule has 1 saturated heterocycles. The number of imidazole rings is 1. The monoisotopic (exact) mass is 288 g/mol. The molecule has 1 aliphatic heterocycles. The van der Waals surface area contributed by atoms with Crippen LogP contribution in [0.2, 0.25) is 0 Å². The Morgan fingerprint density at radius 1 is 1.38 bits per heavy atom. The summed E-state index contributed by atoms with van der Waals surface area (Å²) in [4.78, 5) is 18.9. The number of aromatic nitrogens is 2. The zero-order chi connectivity index (χ0) is 14.8. The zero-order valence-electron chi connectivity index (χ0n) is 12.4. The van der Waals surface area contributed by atoms with Crippen LogP contribution in [0.3, 0.4) is 0 Å². The Morgan fingerprint density at radius 3 is 2.86 bits per heavy atom. The summed E-state index contributed by atoms with van der Waals surface area (Å²) in [5, 5.41) is 3.34. The van der Waals surface area contributed by atoms with Crippen LogP contribution in [0.15, 0.2) is 18.3 Å². The van der Waals surface area contributed by atoms with E-state index >= 15 is 0 Å². The number of nitrogens with zero attached hydrogens (tertiary/aromatic N) is 3. The number of nitrogens with one attached hydrogen (secondary N) is 1. The van der Waals surface area contributed by atoms with E-state index in [0.29, 0.717) is 18.0 Å². The molecule has 0 spiro atoms. The lowest BCUT2D eigenvalue weighted by atomic mass is 10.3. The number of fused-ring (bicyclic) bond motifs is 1. The molecule has 0 unspecified atom stereocenters. The van der Waals surface area contributed by atoms with Crippen LogP contribution in [0.25, 0.3) is 5.65 Å². The Labute approximate surface area is 123 Å². The molecule has 6 heteroatoms. The van der Waals surface area contributed by atoms with Crippen LogP contribution < -0.4 is 10.2 Å². The van der Waals surface area contributed by atoms with Crippen molar-refractivity contribution in [1.29, 1.82) is 0 Å². The van der Waals surface area contributed by atoms with Crippen LogP contribution in [0.4, 0.5) is 5.69 Å². The van der Waals surface area contributed by atoms with Crippen LogP contribution in [0.5, 0.6) is 0 Å². The number of carbonyl (C=O) groups is 1. The lowest BCUT2D eigenvalue weighted by molar-refractivity contribution is 0.0517. The van der Waals surface area contributed by atoms with E-state index in [4.69, 9.17) is 4.74 Å². The Balaban J connectivity index is 2.02. The third-order valence-corrected chi connectivity index (χ3v) is 3.73. The van der Waals surface area contributed by atoms with Crippen LogP contribution in [-0.4, -0.2) is 48.1 Å². The molecule has 3 rings (SSSR count). The van der Waals surface area contributed by atoms with E-state index in [-0.39, 0.29) is 5.97 Å². The second-order valence-corrected chi connectivity index (χ2v) is 5.12. The van der Waals surface area contributed by atoms with Crippen molar-refractivity contribution >= 4 is 17.3 Å². The fourth-order valence-corrected chi connectivity index (χ4v) is 2.71. The van der Waals surface area contributed by atoms with Gasteiger partial charge >= 0.3 is 5.97 Å². The number of rotatable bonds is 3. The van der Waals surface area contributed by atoms with Gasteiger partial charge < -0.3 is 15.0 Å². The highest BCUT2D eigenvalue weighted by Gasteiger charge is 2.19. The average Bonchev–Trinajstić information content (AvgIpc) is 2.83. The molecule has 112 valence electrons. The third kappa shape index (κ3) is 2.58. The molecule has 0 atom stereocenters. The molecule has 0 amide bonds. The molecule has 1 N–H and O–H groups in total. The minimum atomic E-state index is -0.319. The van der Waals surface area contributed by atoms with Crippen molar-refractivity contribution < 1.29 is 9.53 Å². The fourth-order valence-electron chi connectivity index (χ4n) is 2.71. The first-order valence-electron chi connectivity index (χ1n) is 7.32. The highest BCUT2D eigenvalue weighted by Crippen LogP contribution is 2.20. The summed E-state index contributed by atoms with van der Waals surface area (Å²) >= 11 is 0. The molecule has 0 radical (unpaired) electrons. The number of ether oxygens (including phenoxy) is 1. The Kier molecular flexibility index (Phi) is 3.79. The number of carbonyl (C=O) groups excluding carboxylic acids is 1. The Morgan fingerprint density at radius 2 is 2.14 bits per heavy atom. The molecule has 21 heavy (non-hydrogen) atoms. The highest BCUT2D eigenvalue weighted by molar-refractivity contribution is 5.90. The Bertz CT molecular complexity index is 659. The van der Waals surface area contributed by atoms with E-state index < -0.39 is 0 Å². The van der Waals surface area contributed by atoms with E-state index in [9.17, 15) is 4.79 Å². The van der Waals surface area contributed by atoms with Gasteiger partial charge in [-0.2, -0.15) is 0 Å². The molecular weight excluding hydrogens is 268 g/mol. The topological polar surface area (TPSA) is 58.9 Å². The quantitative estimate of drug-likeness (QED) is 0.861. The number of pyridine rings is 1. The number of aryl methyl sites for hydroxylation is 1. The highest BCUT2D eigenvalue weighted by atomic mass is 16.5. The van der Waals surface area contributed by atoms with Crippen LogP contribution >= 0.6 is 0 Å². The largest absolute Gasteiger partial charge is 0.461 e. The summed E-state index contributed by atoms with van der Waals surface area (Å²) in [5.74, 6) is -0.319. The van der Waals surface area contributed by atoms with E-state index in [1.165, 1.54) is 0 Å². The van der Waals surface area contributed by atoms with Crippen LogP contribution in [0, 0.1) is 6.92 Å². The maximum Gasteiger partial charge on any atom is 0.357 e. The van der Waals surface area contributed by atoms with Crippen molar-refractivity contribution in [2.45, 2.75) is 13.8 Å². The lowest BCUT2D eigenvalue weighted by Gasteiger charge is -2.29. The van der Waals surface area contributed by atoms with Gasteiger partial charge in [0.2, 0.25) is 0 Å². The van der Waals surface area contributed by atoms with Crippen molar-refractivity contribution in [3.8, 4) is 0 Å². The van der Waals surface area contributed by atoms with E-state index in [1.54, 1.807) is 0 Å². The van der Waals surface area contributed by atoms with Crippen molar-refractivity contribution in [2.75, 3.05) is 37.7 Å². The molecule has 0 aromatic carbocycles. The molecule has 1 fully saturated rings. The first-order valence-corrected chi connectivity index (χ1v) is 7.32.